The van der Waals surface area contributed by atoms with Gasteiger partial charge in [0.05, 0.1) is 10.8 Å². The Bertz CT molecular complexity index is 3840. The Labute approximate surface area is 402 Å². The Morgan fingerprint density at radius 1 is 0.188 bits per heavy atom. The first kappa shape index (κ1) is 38.3. The molecule has 0 amide bonds. The maximum atomic E-state index is 2.51. The fourth-order valence-electron chi connectivity index (χ4n) is 13.2. The summed E-state index contributed by atoms with van der Waals surface area (Å²) >= 11 is 0. The summed E-state index contributed by atoms with van der Waals surface area (Å²) in [5, 5.41) is 0. The van der Waals surface area contributed by atoms with Gasteiger partial charge in [-0.15, -0.1) is 0 Å². The SMILES string of the molecule is c1ccc(-c2ccc(N(c3ccc4c(c3)-c3ccccc3C43c4ccccc4-c4cc(-c5ccccc5)ccc43)c3ccc4c(c3)C3(c5ccccc5-c5ccccc53)c3ccccc3-4)cc2)cc1. The van der Waals surface area contributed by atoms with Crippen molar-refractivity contribution in [1.82, 2.24) is 0 Å². The largest absolute Gasteiger partial charge is 0.310 e. The average molecular weight is 874 g/mol. The maximum absolute atomic E-state index is 2.51. The zero-order valence-electron chi connectivity index (χ0n) is 37.8. The van der Waals surface area contributed by atoms with Gasteiger partial charge in [-0.2, -0.15) is 0 Å². The molecule has 1 atom stereocenters. The van der Waals surface area contributed by atoms with E-state index in [0.29, 0.717) is 0 Å². The molecule has 0 saturated carbocycles. The van der Waals surface area contributed by atoms with Crippen molar-refractivity contribution in [2.45, 2.75) is 10.8 Å². The smallest absolute Gasteiger partial charge is 0.0726 e. The van der Waals surface area contributed by atoms with Gasteiger partial charge in [-0.05, 0) is 154 Å². The molecule has 11 aromatic rings. The molecule has 0 N–H and O–H groups in total. The van der Waals surface area contributed by atoms with Crippen LogP contribution in [0.15, 0.2) is 261 Å². The van der Waals surface area contributed by atoms with Crippen LogP contribution in [0.5, 0.6) is 0 Å². The Hall–Kier alpha value is -8.78. The summed E-state index contributed by atoms with van der Waals surface area (Å²) in [6.45, 7) is 0. The maximum Gasteiger partial charge on any atom is 0.0726 e. The molecule has 0 bridgehead atoms. The number of hydrogen-bond acceptors (Lipinski definition) is 1. The molecular formula is C68H43N. The number of anilines is 3. The molecule has 0 heterocycles. The van der Waals surface area contributed by atoms with E-state index >= 15 is 0 Å². The minimum Gasteiger partial charge on any atom is -0.310 e. The van der Waals surface area contributed by atoms with E-state index in [4.69, 9.17) is 0 Å². The van der Waals surface area contributed by atoms with Gasteiger partial charge in [0.25, 0.3) is 0 Å². The summed E-state index contributed by atoms with van der Waals surface area (Å²) in [6.07, 6.45) is 0. The number of nitrogens with zero attached hydrogens (tertiary/aromatic N) is 1. The molecule has 0 saturated heterocycles. The Morgan fingerprint density at radius 3 is 1.03 bits per heavy atom. The summed E-state index contributed by atoms with van der Waals surface area (Å²) in [7, 11) is 0. The van der Waals surface area contributed by atoms with Crippen LogP contribution >= 0.6 is 0 Å². The van der Waals surface area contributed by atoms with E-state index in [-0.39, 0.29) is 0 Å². The zero-order valence-corrected chi connectivity index (χ0v) is 37.8. The summed E-state index contributed by atoms with van der Waals surface area (Å²) in [6, 6.07) is 97.9. The van der Waals surface area contributed by atoms with Crippen LogP contribution in [0.2, 0.25) is 0 Å². The van der Waals surface area contributed by atoms with Crippen molar-refractivity contribution in [2.75, 3.05) is 4.90 Å². The first-order chi connectivity index (χ1) is 34.2. The van der Waals surface area contributed by atoms with Crippen molar-refractivity contribution >= 4 is 17.1 Å². The van der Waals surface area contributed by atoms with Crippen LogP contribution in [0.3, 0.4) is 0 Å². The molecule has 1 heteroatoms. The van der Waals surface area contributed by atoms with E-state index in [1.807, 2.05) is 0 Å². The highest BCUT2D eigenvalue weighted by atomic mass is 15.1. The van der Waals surface area contributed by atoms with Crippen LogP contribution < -0.4 is 4.90 Å². The van der Waals surface area contributed by atoms with Gasteiger partial charge in [-0.25, -0.2) is 0 Å². The van der Waals surface area contributed by atoms with Crippen LogP contribution in [0.4, 0.5) is 17.1 Å². The van der Waals surface area contributed by atoms with Crippen molar-refractivity contribution < 1.29 is 0 Å². The van der Waals surface area contributed by atoms with Gasteiger partial charge in [0.15, 0.2) is 0 Å². The first-order valence-corrected chi connectivity index (χ1v) is 24.2. The van der Waals surface area contributed by atoms with Crippen LogP contribution in [0, 0.1) is 0 Å². The number of benzene rings is 11. The topological polar surface area (TPSA) is 3.24 Å². The molecule has 0 aromatic heterocycles. The van der Waals surface area contributed by atoms with Gasteiger partial charge in [0.1, 0.15) is 0 Å². The van der Waals surface area contributed by atoms with E-state index < -0.39 is 10.8 Å². The van der Waals surface area contributed by atoms with Crippen molar-refractivity contribution in [1.29, 1.82) is 0 Å². The predicted molar refractivity (Wildman–Crippen MR) is 285 cm³/mol. The lowest BCUT2D eigenvalue weighted by Gasteiger charge is -2.33. The van der Waals surface area contributed by atoms with E-state index in [0.717, 1.165) is 17.1 Å². The Kier molecular flexibility index (Phi) is 7.98. The molecule has 69 heavy (non-hydrogen) atoms. The lowest BCUT2D eigenvalue weighted by atomic mass is 9.70. The van der Waals surface area contributed by atoms with Crippen molar-refractivity contribution in [3.63, 3.8) is 0 Å². The lowest BCUT2D eigenvalue weighted by Crippen LogP contribution is -2.26. The molecule has 320 valence electrons. The fraction of sp³-hybridized carbons (Fsp3) is 0.0294. The van der Waals surface area contributed by atoms with Gasteiger partial charge < -0.3 is 4.90 Å². The zero-order chi connectivity index (χ0) is 45.3. The minimum absolute atomic E-state index is 0.454. The second-order valence-electron chi connectivity index (χ2n) is 19.1. The Morgan fingerprint density at radius 2 is 0.507 bits per heavy atom. The van der Waals surface area contributed by atoms with Gasteiger partial charge in [-0.1, -0.05) is 218 Å². The third kappa shape index (κ3) is 5.09. The standard InChI is InChI=1S/C68H43N/c1-3-17-44(18-4-1)46-31-34-48(35-32-46)69(50-36-38-56-53-23-9-14-28-61(53)68(66(56)43-50)59-26-12-7-21-51(59)52-22-8-13-27-60(52)68)49-37-40-65-58(42-49)55-25-11-16-30-63(55)67(65)62-29-15-10-24-54(62)57-41-47(33-39-64(57)67)45-19-5-2-6-20-45/h1-43H. The van der Waals surface area contributed by atoms with E-state index in [1.165, 1.54) is 111 Å². The molecule has 0 aliphatic heterocycles. The van der Waals surface area contributed by atoms with Crippen molar-refractivity contribution in [3.8, 4) is 66.8 Å². The quantitative estimate of drug-likeness (QED) is 0.167. The molecule has 1 nitrogen and oxygen atoms in total. The molecule has 2 spiro atoms. The molecular weight excluding hydrogens is 831 g/mol. The van der Waals surface area contributed by atoms with Crippen LogP contribution in [-0.2, 0) is 10.8 Å². The number of hydrogen-bond donors (Lipinski definition) is 0. The van der Waals surface area contributed by atoms with Crippen LogP contribution in [0.1, 0.15) is 44.5 Å². The van der Waals surface area contributed by atoms with E-state index in [2.05, 4.69) is 266 Å². The average Bonchev–Trinajstić information content (AvgIpc) is 4.10. The molecule has 11 aromatic carbocycles. The third-order valence-electron chi connectivity index (χ3n) is 15.9. The molecule has 0 radical (unpaired) electrons. The highest BCUT2D eigenvalue weighted by Crippen LogP contribution is 2.65. The van der Waals surface area contributed by atoms with E-state index in [9.17, 15) is 0 Å². The molecule has 0 fully saturated rings. The van der Waals surface area contributed by atoms with Crippen LogP contribution in [0.25, 0.3) is 66.8 Å². The fourth-order valence-corrected chi connectivity index (χ4v) is 13.2. The molecule has 4 aliphatic carbocycles. The predicted octanol–water partition coefficient (Wildman–Crippen LogP) is 17.2. The summed E-state index contributed by atoms with van der Waals surface area (Å²) in [5.41, 5.74) is 28.4. The second-order valence-corrected chi connectivity index (χ2v) is 19.1. The lowest BCUT2D eigenvalue weighted by molar-refractivity contribution is 0.793. The highest BCUT2D eigenvalue weighted by Gasteiger charge is 2.53. The number of rotatable bonds is 5. The first-order valence-electron chi connectivity index (χ1n) is 24.2. The molecule has 1 unspecified atom stereocenters. The summed E-state index contributed by atoms with van der Waals surface area (Å²) < 4.78 is 0. The van der Waals surface area contributed by atoms with Crippen molar-refractivity contribution in [2.24, 2.45) is 0 Å². The van der Waals surface area contributed by atoms with Crippen molar-refractivity contribution in [3.05, 3.63) is 305 Å². The summed E-state index contributed by atoms with van der Waals surface area (Å²) in [4.78, 5) is 2.50. The Balaban J connectivity index is 0.959. The van der Waals surface area contributed by atoms with Gasteiger partial charge in [-0.3, -0.25) is 0 Å². The third-order valence-corrected chi connectivity index (χ3v) is 15.9. The normalized spacial score (nSPS) is 15.4. The minimum atomic E-state index is -0.456. The molecule has 4 aliphatic rings. The highest BCUT2D eigenvalue weighted by molar-refractivity contribution is 5.99. The monoisotopic (exact) mass is 873 g/mol. The van der Waals surface area contributed by atoms with Gasteiger partial charge in [0.2, 0.25) is 0 Å². The number of fused-ring (bicyclic) bond motifs is 20. The van der Waals surface area contributed by atoms with E-state index in [1.54, 1.807) is 0 Å². The van der Waals surface area contributed by atoms with Gasteiger partial charge >= 0.3 is 0 Å². The van der Waals surface area contributed by atoms with Crippen LogP contribution in [-0.4, -0.2) is 0 Å². The van der Waals surface area contributed by atoms with Gasteiger partial charge in [0, 0.05) is 17.1 Å². The molecule has 15 rings (SSSR count). The second kappa shape index (κ2) is 14.4. The summed E-state index contributed by atoms with van der Waals surface area (Å²) in [5.74, 6) is 0.